The van der Waals surface area contributed by atoms with Crippen LogP contribution in [0.25, 0.3) is 5.65 Å². The lowest BCUT2D eigenvalue weighted by molar-refractivity contribution is 0.0940. The van der Waals surface area contributed by atoms with Crippen molar-refractivity contribution in [2.75, 3.05) is 20.6 Å². The summed E-state index contributed by atoms with van der Waals surface area (Å²) >= 11 is 1.64. The molecule has 0 fully saturated rings. The molecule has 0 saturated carbocycles. The van der Waals surface area contributed by atoms with Gasteiger partial charge in [0.1, 0.15) is 11.2 Å². The number of aromatic nitrogens is 2. The Balaban J connectivity index is 1.80. The van der Waals surface area contributed by atoms with E-state index in [0.29, 0.717) is 12.2 Å². The number of hydrogen-bond acceptors (Lipinski definition) is 5. The molecule has 0 aromatic carbocycles. The van der Waals surface area contributed by atoms with Crippen LogP contribution in [0.1, 0.15) is 21.3 Å². The zero-order chi connectivity index (χ0) is 17.1. The zero-order valence-electron chi connectivity index (χ0n) is 13.5. The van der Waals surface area contributed by atoms with Crippen molar-refractivity contribution in [3.63, 3.8) is 0 Å². The number of nitrogens with zero attached hydrogens (tertiary/aromatic N) is 3. The second kappa shape index (κ2) is 6.94. The molecule has 3 heterocycles. The molecule has 6 nitrogen and oxygen atoms in total. The summed E-state index contributed by atoms with van der Waals surface area (Å²) in [6.07, 6.45) is 2.94. The van der Waals surface area contributed by atoms with Crippen LogP contribution in [0, 0.1) is 0 Å². The molecule has 0 spiro atoms. The summed E-state index contributed by atoms with van der Waals surface area (Å²) in [5.74, 6) is -0.408. The monoisotopic (exact) mass is 342 g/mol. The van der Waals surface area contributed by atoms with Gasteiger partial charge in [0, 0.05) is 23.8 Å². The van der Waals surface area contributed by atoms with Crippen LogP contribution in [0.3, 0.4) is 0 Å². The Kier molecular flexibility index (Phi) is 4.73. The Labute approximate surface area is 143 Å². The lowest BCUT2D eigenvalue weighted by atomic mass is 10.2. The minimum absolute atomic E-state index is 0.0439. The predicted octanol–water partition coefficient (Wildman–Crippen LogP) is 1.79. The van der Waals surface area contributed by atoms with Crippen LogP contribution in [-0.4, -0.2) is 40.8 Å². The van der Waals surface area contributed by atoms with Gasteiger partial charge in [-0.2, -0.15) is 0 Å². The number of amides is 1. The third-order valence-electron chi connectivity index (χ3n) is 3.81. The van der Waals surface area contributed by atoms with Crippen LogP contribution in [0.15, 0.2) is 52.9 Å². The second-order valence-corrected chi connectivity index (χ2v) is 6.59. The van der Waals surface area contributed by atoms with Gasteiger partial charge in [0.05, 0.1) is 6.04 Å². The summed E-state index contributed by atoms with van der Waals surface area (Å²) in [7, 11) is 3.92. The molecule has 124 valence electrons. The predicted molar refractivity (Wildman–Crippen MR) is 94.5 cm³/mol. The molecule has 3 aromatic rings. The van der Waals surface area contributed by atoms with Crippen molar-refractivity contribution >= 4 is 22.9 Å². The van der Waals surface area contributed by atoms with Crippen molar-refractivity contribution in [3.05, 3.63) is 68.9 Å². The third-order valence-corrected chi connectivity index (χ3v) is 4.78. The van der Waals surface area contributed by atoms with Crippen molar-refractivity contribution in [1.29, 1.82) is 0 Å². The molecule has 3 rings (SSSR count). The van der Waals surface area contributed by atoms with E-state index in [1.807, 2.05) is 36.5 Å². The van der Waals surface area contributed by atoms with Gasteiger partial charge in [0.15, 0.2) is 0 Å². The van der Waals surface area contributed by atoms with Gasteiger partial charge in [-0.05, 0) is 37.7 Å². The fourth-order valence-corrected chi connectivity index (χ4v) is 3.41. The van der Waals surface area contributed by atoms with Gasteiger partial charge in [0.25, 0.3) is 11.5 Å². The SMILES string of the molecule is CN(C)[C@H](CNC(=O)c1cnc2ccccn2c1=O)c1cccs1. The number of nitrogens with one attached hydrogen (secondary N) is 1. The largest absolute Gasteiger partial charge is 0.350 e. The van der Waals surface area contributed by atoms with Crippen LogP contribution in [-0.2, 0) is 0 Å². The molecular formula is C17H18N4O2S. The molecule has 0 aliphatic heterocycles. The lowest BCUT2D eigenvalue weighted by Crippen LogP contribution is -2.37. The van der Waals surface area contributed by atoms with Crippen molar-refractivity contribution in [2.45, 2.75) is 6.04 Å². The minimum Gasteiger partial charge on any atom is -0.350 e. The third kappa shape index (κ3) is 3.22. The maximum atomic E-state index is 12.4. The lowest BCUT2D eigenvalue weighted by Gasteiger charge is -2.23. The van der Waals surface area contributed by atoms with E-state index < -0.39 is 5.91 Å². The zero-order valence-corrected chi connectivity index (χ0v) is 14.3. The van der Waals surface area contributed by atoms with Crippen molar-refractivity contribution in [2.24, 2.45) is 0 Å². The first kappa shape index (κ1) is 16.4. The summed E-state index contributed by atoms with van der Waals surface area (Å²) in [6, 6.07) is 9.33. The number of carbonyl (C=O) groups is 1. The van der Waals surface area contributed by atoms with Crippen LogP contribution in [0.4, 0.5) is 0 Å². The first-order valence-corrected chi connectivity index (χ1v) is 8.40. The fourth-order valence-electron chi connectivity index (χ4n) is 2.49. The van der Waals surface area contributed by atoms with Gasteiger partial charge in [-0.25, -0.2) is 4.98 Å². The molecule has 7 heteroatoms. The highest BCUT2D eigenvalue weighted by Crippen LogP contribution is 2.22. The number of likely N-dealkylation sites (N-methyl/N-ethyl adjacent to an activating group) is 1. The Bertz CT molecular complexity index is 902. The number of hydrogen-bond donors (Lipinski definition) is 1. The summed E-state index contributed by atoms with van der Waals surface area (Å²) < 4.78 is 1.37. The van der Waals surface area contributed by atoms with Crippen LogP contribution in [0.5, 0.6) is 0 Å². The Hall–Kier alpha value is -2.51. The normalized spacial score (nSPS) is 12.5. The molecule has 3 aromatic heterocycles. The van der Waals surface area contributed by atoms with E-state index in [1.165, 1.54) is 10.6 Å². The van der Waals surface area contributed by atoms with Gasteiger partial charge in [0.2, 0.25) is 0 Å². The molecular weight excluding hydrogens is 324 g/mol. The molecule has 1 amide bonds. The summed E-state index contributed by atoms with van der Waals surface area (Å²) in [4.78, 5) is 32.2. The van der Waals surface area contributed by atoms with Gasteiger partial charge >= 0.3 is 0 Å². The van der Waals surface area contributed by atoms with Crippen molar-refractivity contribution in [1.82, 2.24) is 19.6 Å². The van der Waals surface area contributed by atoms with E-state index in [4.69, 9.17) is 0 Å². The standard InChI is InChI=1S/C17H18N4O2S/c1-20(2)13(14-6-5-9-24-14)11-19-16(22)12-10-18-15-7-3-4-8-21(15)17(12)23/h3-10,13H,11H2,1-2H3,(H,19,22)/t13-/m1/s1. The van der Waals surface area contributed by atoms with E-state index in [1.54, 1.807) is 35.7 Å². The molecule has 0 unspecified atom stereocenters. The molecule has 1 N–H and O–H groups in total. The Morgan fingerprint density at radius 3 is 2.88 bits per heavy atom. The fraction of sp³-hybridized carbons (Fsp3) is 0.235. The first-order valence-electron chi connectivity index (χ1n) is 7.52. The van der Waals surface area contributed by atoms with Gasteiger partial charge in [-0.1, -0.05) is 12.1 Å². The molecule has 0 radical (unpaired) electrons. The second-order valence-electron chi connectivity index (χ2n) is 5.61. The van der Waals surface area contributed by atoms with E-state index in [2.05, 4.69) is 10.3 Å². The summed E-state index contributed by atoms with van der Waals surface area (Å²) in [5, 5.41) is 4.85. The number of rotatable bonds is 5. The highest BCUT2D eigenvalue weighted by Gasteiger charge is 2.18. The molecule has 24 heavy (non-hydrogen) atoms. The number of thiophene rings is 1. The number of pyridine rings is 1. The quantitative estimate of drug-likeness (QED) is 0.768. The summed E-state index contributed by atoms with van der Waals surface area (Å²) in [6.45, 7) is 0.420. The maximum Gasteiger partial charge on any atom is 0.270 e. The molecule has 0 aliphatic carbocycles. The van der Waals surface area contributed by atoms with Crippen LogP contribution < -0.4 is 10.9 Å². The number of carbonyl (C=O) groups excluding carboxylic acids is 1. The first-order chi connectivity index (χ1) is 11.6. The smallest absolute Gasteiger partial charge is 0.270 e. The average Bonchev–Trinajstić information content (AvgIpc) is 3.09. The van der Waals surface area contributed by atoms with E-state index >= 15 is 0 Å². The summed E-state index contributed by atoms with van der Waals surface area (Å²) in [5.41, 5.74) is 0.196. The minimum atomic E-state index is -0.408. The van der Waals surface area contributed by atoms with Crippen molar-refractivity contribution in [3.8, 4) is 0 Å². The van der Waals surface area contributed by atoms with Crippen LogP contribution in [0.2, 0.25) is 0 Å². The highest BCUT2D eigenvalue weighted by molar-refractivity contribution is 7.10. The van der Waals surface area contributed by atoms with Crippen molar-refractivity contribution < 1.29 is 4.79 Å². The maximum absolute atomic E-state index is 12.4. The Morgan fingerprint density at radius 1 is 1.33 bits per heavy atom. The van der Waals surface area contributed by atoms with E-state index in [9.17, 15) is 9.59 Å². The average molecular weight is 342 g/mol. The number of fused-ring (bicyclic) bond motifs is 1. The molecule has 0 saturated heterocycles. The van der Waals surface area contributed by atoms with Gasteiger partial charge in [-0.15, -0.1) is 11.3 Å². The molecule has 0 bridgehead atoms. The highest BCUT2D eigenvalue weighted by atomic mass is 32.1. The molecule has 0 aliphatic rings. The Morgan fingerprint density at radius 2 is 2.17 bits per heavy atom. The van der Waals surface area contributed by atoms with Gasteiger partial charge < -0.3 is 10.2 Å². The van der Waals surface area contributed by atoms with E-state index in [-0.39, 0.29) is 17.2 Å². The van der Waals surface area contributed by atoms with Gasteiger partial charge in [-0.3, -0.25) is 14.0 Å². The van der Waals surface area contributed by atoms with E-state index in [0.717, 1.165) is 4.88 Å². The molecule has 1 atom stereocenters. The van der Waals surface area contributed by atoms with Crippen LogP contribution >= 0.6 is 11.3 Å². The topological polar surface area (TPSA) is 66.7 Å².